The first-order valence-electron chi connectivity index (χ1n) is 6.89. The maximum atomic E-state index is 10.7. The van der Waals surface area contributed by atoms with Crippen LogP contribution in [-0.4, -0.2) is 5.11 Å². The third-order valence-corrected chi connectivity index (χ3v) is 3.70. The van der Waals surface area contributed by atoms with Gasteiger partial charge in [-0.15, -0.1) is 0 Å². The molecule has 100 valence electrons. The molecule has 0 heterocycles. The molecule has 0 amide bonds. The van der Waals surface area contributed by atoms with E-state index >= 15 is 0 Å². The van der Waals surface area contributed by atoms with Gasteiger partial charge in [-0.25, -0.2) is 0 Å². The SMILES string of the molecule is CCc1ccc(CC(C)(O)c2ccccc2C)cc1. The van der Waals surface area contributed by atoms with Crippen LogP contribution >= 0.6 is 0 Å². The first kappa shape index (κ1) is 13.8. The van der Waals surface area contributed by atoms with Gasteiger partial charge < -0.3 is 5.11 Å². The fourth-order valence-electron chi connectivity index (χ4n) is 2.56. The molecule has 0 saturated heterocycles. The van der Waals surface area contributed by atoms with Crippen molar-refractivity contribution in [1.29, 1.82) is 0 Å². The number of aliphatic hydroxyl groups is 1. The largest absolute Gasteiger partial charge is 0.385 e. The standard InChI is InChI=1S/C18H22O/c1-4-15-9-11-16(12-10-15)13-18(3,19)17-8-6-5-7-14(17)2/h5-12,19H,4,13H2,1-3H3. The van der Waals surface area contributed by atoms with E-state index in [4.69, 9.17) is 0 Å². The zero-order valence-corrected chi connectivity index (χ0v) is 12.0. The van der Waals surface area contributed by atoms with E-state index in [-0.39, 0.29) is 0 Å². The van der Waals surface area contributed by atoms with Crippen LogP contribution in [0.15, 0.2) is 48.5 Å². The van der Waals surface area contributed by atoms with Crippen LogP contribution in [0.1, 0.15) is 36.1 Å². The molecule has 0 fully saturated rings. The normalized spacial score (nSPS) is 14.1. The summed E-state index contributed by atoms with van der Waals surface area (Å²) in [5, 5.41) is 10.7. The first-order valence-corrected chi connectivity index (χ1v) is 6.89. The molecule has 2 rings (SSSR count). The zero-order chi connectivity index (χ0) is 13.9. The van der Waals surface area contributed by atoms with Gasteiger partial charge in [0.25, 0.3) is 0 Å². The molecule has 0 bridgehead atoms. The fourth-order valence-corrected chi connectivity index (χ4v) is 2.56. The van der Waals surface area contributed by atoms with Gasteiger partial charge in [0.2, 0.25) is 0 Å². The van der Waals surface area contributed by atoms with Gasteiger partial charge in [-0.05, 0) is 42.5 Å². The van der Waals surface area contributed by atoms with Crippen LogP contribution in [0.3, 0.4) is 0 Å². The molecule has 0 radical (unpaired) electrons. The van der Waals surface area contributed by atoms with Gasteiger partial charge in [0.05, 0.1) is 5.60 Å². The Morgan fingerprint density at radius 3 is 2.11 bits per heavy atom. The van der Waals surface area contributed by atoms with E-state index in [1.165, 1.54) is 11.1 Å². The maximum absolute atomic E-state index is 10.7. The van der Waals surface area contributed by atoms with E-state index in [0.717, 1.165) is 17.5 Å². The third kappa shape index (κ3) is 3.24. The zero-order valence-electron chi connectivity index (χ0n) is 12.0. The number of aryl methyl sites for hydroxylation is 2. The minimum Gasteiger partial charge on any atom is -0.385 e. The van der Waals surface area contributed by atoms with Crippen molar-refractivity contribution in [3.05, 3.63) is 70.8 Å². The van der Waals surface area contributed by atoms with Crippen LogP contribution in [0.5, 0.6) is 0 Å². The van der Waals surface area contributed by atoms with Crippen molar-refractivity contribution in [3.8, 4) is 0 Å². The van der Waals surface area contributed by atoms with E-state index in [0.29, 0.717) is 6.42 Å². The summed E-state index contributed by atoms with van der Waals surface area (Å²) < 4.78 is 0. The second-order valence-electron chi connectivity index (χ2n) is 5.44. The molecule has 19 heavy (non-hydrogen) atoms. The lowest BCUT2D eigenvalue weighted by Crippen LogP contribution is -2.25. The van der Waals surface area contributed by atoms with E-state index in [1.54, 1.807) is 0 Å². The van der Waals surface area contributed by atoms with Gasteiger partial charge in [-0.1, -0.05) is 55.5 Å². The van der Waals surface area contributed by atoms with Crippen molar-refractivity contribution in [2.45, 2.75) is 39.2 Å². The third-order valence-electron chi connectivity index (χ3n) is 3.70. The van der Waals surface area contributed by atoms with Crippen LogP contribution in [0, 0.1) is 6.92 Å². The van der Waals surface area contributed by atoms with E-state index < -0.39 is 5.60 Å². The second-order valence-corrected chi connectivity index (χ2v) is 5.44. The van der Waals surface area contributed by atoms with Crippen molar-refractivity contribution < 1.29 is 5.11 Å². The lowest BCUT2D eigenvalue weighted by Gasteiger charge is -2.26. The van der Waals surface area contributed by atoms with Gasteiger partial charge in [0, 0.05) is 6.42 Å². The highest BCUT2D eigenvalue weighted by Gasteiger charge is 2.24. The summed E-state index contributed by atoms with van der Waals surface area (Å²) in [5.74, 6) is 0. The number of hydrogen-bond donors (Lipinski definition) is 1. The molecule has 2 aromatic rings. The van der Waals surface area contributed by atoms with Gasteiger partial charge in [-0.2, -0.15) is 0 Å². The number of hydrogen-bond acceptors (Lipinski definition) is 1. The monoisotopic (exact) mass is 254 g/mol. The quantitative estimate of drug-likeness (QED) is 0.874. The predicted octanol–water partition coefficient (Wildman–Crippen LogP) is 4.01. The topological polar surface area (TPSA) is 20.2 Å². The van der Waals surface area contributed by atoms with Crippen molar-refractivity contribution >= 4 is 0 Å². The lowest BCUT2D eigenvalue weighted by molar-refractivity contribution is 0.0570. The minimum atomic E-state index is -0.820. The van der Waals surface area contributed by atoms with Crippen molar-refractivity contribution in [1.82, 2.24) is 0 Å². The maximum Gasteiger partial charge on any atom is 0.0911 e. The van der Waals surface area contributed by atoms with E-state index in [9.17, 15) is 5.11 Å². The minimum absolute atomic E-state index is 0.641. The van der Waals surface area contributed by atoms with E-state index in [1.807, 2.05) is 38.1 Å². The molecular formula is C18H22O. The summed E-state index contributed by atoms with van der Waals surface area (Å²) >= 11 is 0. The second kappa shape index (κ2) is 5.58. The van der Waals surface area contributed by atoms with E-state index in [2.05, 4.69) is 31.2 Å². The highest BCUT2D eigenvalue weighted by Crippen LogP contribution is 2.27. The molecule has 1 nitrogen and oxygen atoms in total. The number of rotatable bonds is 4. The molecule has 1 unspecified atom stereocenters. The van der Waals surface area contributed by atoms with Gasteiger partial charge >= 0.3 is 0 Å². The average Bonchev–Trinajstić information content (AvgIpc) is 2.39. The molecule has 1 atom stereocenters. The van der Waals surface area contributed by atoms with Crippen molar-refractivity contribution in [2.24, 2.45) is 0 Å². The molecule has 0 aliphatic rings. The van der Waals surface area contributed by atoms with Crippen LogP contribution in [0.2, 0.25) is 0 Å². The Morgan fingerprint density at radius 2 is 1.53 bits per heavy atom. The summed E-state index contributed by atoms with van der Waals surface area (Å²) in [6.45, 7) is 6.09. The molecular weight excluding hydrogens is 232 g/mol. The Morgan fingerprint density at radius 1 is 0.947 bits per heavy atom. The Balaban J connectivity index is 2.23. The molecule has 0 saturated carbocycles. The summed E-state index contributed by atoms with van der Waals surface area (Å²) in [6.07, 6.45) is 1.69. The molecule has 2 aromatic carbocycles. The number of benzene rings is 2. The predicted molar refractivity (Wildman–Crippen MR) is 80.3 cm³/mol. The summed E-state index contributed by atoms with van der Waals surface area (Å²) in [7, 11) is 0. The smallest absolute Gasteiger partial charge is 0.0911 e. The summed E-state index contributed by atoms with van der Waals surface area (Å²) in [5.41, 5.74) is 3.83. The molecule has 1 heteroatoms. The van der Waals surface area contributed by atoms with Crippen molar-refractivity contribution in [2.75, 3.05) is 0 Å². The molecule has 0 aromatic heterocycles. The lowest BCUT2D eigenvalue weighted by atomic mass is 9.86. The van der Waals surface area contributed by atoms with Gasteiger partial charge in [-0.3, -0.25) is 0 Å². The molecule has 0 aliphatic heterocycles. The van der Waals surface area contributed by atoms with Gasteiger partial charge in [0.15, 0.2) is 0 Å². The van der Waals surface area contributed by atoms with Crippen LogP contribution in [0.4, 0.5) is 0 Å². The Bertz CT molecular complexity index is 538. The highest BCUT2D eigenvalue weighted by molar-refractivity contribution is 5.33. The Hall–Kier alpha value is -1.60. The summed E-state index contributed by atoms with van der Waals surface area (Å²) in [4.78, 5) is 0. The average molecular weight is 254 g/mol. The van der Waals surface area contributed by atoms with Crippen molar-refractivity contribution in [3.63, 3.8) is 0 Å². The molecule has 1 N–H and O–H groups in total. The molecule has 0 aliphatic carbocycles. The highest BCUT2D eigenvalue weighted by atomic mass is 16.3. The van der Waals surface area contributed by atoms with Crippen LogP contribution < -0.4 is 0 Å². The van der Waals surface area contributed by atoms with Gasteiger partial charge in [0.1, 0.15) is 0 Å². The first-order chi connectivity index (χ1) is 9.03. The molecule has 0 spiro atoms. The Kier molecular flexibility index (Phi) is 4.06. The summed E-state index contributed by atoms with van der Waals surface area (Å²) in [6, 6.07) is 16.6. The van der Waals surface area contributed by atoms with Crippen LogP contribution in [0.25, 0.3) is 0 Å². The fraction of sp³-hybridized carbons (Fsp3) is 0.333. The van der Waals surface area contributed by atoms with Crippen LogP contribution in [-0.2, 0) is 18.4 Å². The Labute approximate surface area is 115 Å².